The summed E-state index contributed by atoms with van der Waals surface area (Å²) in [5.74, 6) is 0.859. The van der Waals surface area contributed by atoms with E-state index >= 15 is 0 Å². The lowest BCUT2D eigenvalue weighted by atomic mass is 10.0. The van der Waals surface area contributed by atoms with E-state index in [0.717, 1.165) is 12.5 Å². The molecular weight excluding hydrogens is 196 g/mol. The molecule has 1 aliphatic carbocycles. The summed E-state index contributed by atoms with van der Waals surface area (Å²) >= 11 is 0. The zero-order valence-electron chi connectivity index (χ0n) is 10.5. The molecule has 0 aliphatic heterocycles. The Morgan fingerprint density at radius 2 is 2.12 bits per heavy atom. The van der Waals surface area contributed by atoms with Crippen LogP contribution in [-0.2, 0) is 0 Å². The van der Waals surface area contributed by atoms with E-state index in [-0.39, 0.29) is 0 Å². The number of hydrogen-bond donors (Lipinski definition) is 1. The fraction of sp³-hybridized carbons (Fsp3) is 0.571. The second-order valence-electron chi connectivity index (χ2n) is 4.86. The molecule has 0 heterocycles. The average molecular weight is 218 g/mol. The van der Waals surface area contributed by atoms with Crippen molar-refractivity contribution in [3.8, 4) is 0 Å². The molecule has 0 spiro atoms. The van der Waals surface area contributed by atoms with Gasteiger partial charge in [0.25, 0.3) is 0 Å². The van der Waals surface area contributed by atoms with E-state index in [0.29, 0.717) is 6.04 Å². The molecule has 1 aromatic carbocycles. The summed E-state index contributed by atoms with van der Waals surface area (Å²) in [5.41, 5.74) is 2.73. The Morgan fingerprint density at radius 3 is 2.69 bits per heavy atom. The summed E-state index contributed by atoms with van der Waals surface area (Å²) < 4.78 is 0. The molecule has 1 aromatic rings. The molecule has 16 heavy (non-hydrogen) atoms. The predicted molar refractivity (Wildman–Crippen MR) is 69.9 cm³/mol. The van der Waals surface area contributed by atoms with Gasteiger partial charge in [-0.1, -0.05) is 19.1 Å². The first-order valence-corrected chi connectivity index (χ1v) is 6.23. The normalized spacial score (nSPS) is 17.2. The third-order valence-corrected chi connectivity index (χ3v) is 3.26. The van der Waals surface area contributed by atoms with Crippen molar-refractivity contribution in [3.63, 3.8) is 0 Å². The Labute approximate surface area is 98.7 Å². The molecule has 2 rings (SSSR count). The van der Waals surface area contributed by atoms with Crippen LogP contribution in [0.25, 0.3) is 0 Å². The minimum Gasteiger partial charge on any atom is -0.378 e. The van der Waals surface area contributed by atoms with Crippen LogP contribution >= 0.6 is 0 Å². The van der Waals surface area contributed by atoms with Gasteiger partial charge in [-0.3, -0.25) is 0 Å². The monoisotopic (exact) mass is 218 g/mol. The van der Waals surface area contributed by atoms with E-state index in [1.807, 2.05) is 0 Å². The summed E-state index contributed by atoms with van der Waals surface area (Å²) in [5, 5.41) is 3.61. The summed E-state index contributed by atoms with van der Waals surface area (Å²) in [7, 11) is 4.19. The fourth-order valence-electron chi connectivity index (χ4n) is 2.20. The first-order chi connectivity index (χ1) is 7.72. The quantitative estimate of drug-likeness (QED) is 0.817. The van der Waals surface area contributed by atoms with Crippen molar-refractivity contribution in [2.45, 2.75) is 25.8 Å². The molecule has 0 aromatic heterocycles. The lowest BCUT2D eigenvalue weighted by Crippen LogP contribution is -2.23. The highest BCUT2D eigenvalue weighted by atomic mass is 15.1. The summed E-state index contributed by atoms with van der Waals surface area (Å²) in [6.07, 6.45) is 2.76. The van der Waals surface area contributed by atoms with Gasteiger partial charge >= 0.3 is 0 Å². The van der Waals surface area contributed by atoms with E-state index in [9.17, 15) is 0 Å². The van der Waals surface area contributed by atoms with Gasteiger partial charge < -0.3 is 10.2 Å². The van der Waals surface area contributed by atoms with Gasteiger partial charge in [0.1, 0.15) is 0 Å². The van der Waals surface area contributed by atoms with Crippen LogP contribution < -0.4 is 10.2 Å². The standard InChI is InChI=1S/C14H22N2/c1-4-15-14(11-8-9-11)12-6-5-7-13(10-12)16(2)3/h5-7,10-11,14-15H,4,8-9H2,1-3H3. The SMILES string of the molecule is CCNC(c1cccc(N(C)C)c1)C1CC1. The van der Waals surface area contributed by atoms with Crippen molar-refractivity contribution in [1.82, 2.24) is 5.32 Å². The van der Waals surface area contributed by atoms with Crippen molar-refractivity contribution < 1.29 is 0 Å². The highest BCUT2D eigenvalue weighted by Gasteiger charge is 2.31. The fourth-order valence-corrected chi connectivity index (χ4v) is 2.20. The molecule has 0 bridgehead atoms. The third-order valence-electron chi connectivity index (χ3n) is 3.26. The molecule has 1 saturated carbocycles. The molecule has 88 valence electrons. The summed E-state index contributed by atoms with van der Waals surface area (Å²) in [4.78, 5) is 2.17. The third kappa shape index (κ3) is 2.56. The number of rotatable bonds is 5. The first kappa shape index (κ1) is 11.5. The predicted octanol–water partition coefficient (Wildman–Crippen LogP) is 2.81. The van der Waals surface area contributed by atoms with Gasteiger partial charge in [-0.2, -0.15) is 0 Å². The van der Waals surface area contributed by atoms with Crippen molar-refractivity contribution in [2.75, 3.05) is 25.5 Å². The minimum absolute atomic E-state index is 0.560. The lowest BCUT2D eigenvalue weighted by molar-refractivity contribution is 0.496. The Balaban J connectivity index is 2.19. The van der Waals surface area contributed by atoms with Gasteiger partial charge in [-0.25, -0.2) is 0 Å². The van der Waals surface area contributed by atoms with Gasteiger partial charge in [0, 0.05) is 25.8 Å². The van der Waals surface area contributed by atoms with Crippen molar-refractivity contribution >= 4 is 5.69 Å². The molecule has 2 heteroatoms. The van der Waals surface area contributed by atoms with Crippen LogP contribution in [0.2, 0.25) is 0 Å². The zero-order valence-corrected chi connectivity index (χ0v) is 10.5. The van der Waals surface area contributed by atoms with Crippen LogP contribution in [0.4, 0.5) is 5.69 Å². The first-order valence-electron chi connectivity index (χ1n) is 6.23. The largest absolute Gasteiger partial charge is 0.378 e. The van der Waals surface area contributed by atoms with Crippen molar-refractivity contribution in [2.24, 2.45) is 5.92 Å². The van der Waals surface area contributed by atoms with E-state index in [1.165, 1.54) is 24.1 Å². The number of benzene rings is 1. The van der Waals surface area contributed by atoms with E-state index in [4.69, 9.17) is 0 Å². The van der Waals surface area contributed by atoms with Gasteiger partial charge in [0.05, 0.1) is 0 Å². The molecule has 2 nitrogen and oxygen atoms in total. The summed E-state index contributed by atoms with van der Waals surface area (Å²) in [6.45, 7) is 3.23. The second-order valence-corrected chi connectivity index (χ2v) is 4.86. The minimum atomic E-state index is 0.560. The van der Waals surface area contributed by atoms with Crippen LogP contribution in [0, 0.1) is 5.92 Å². The van der Waals surface area contributed by atoms with E-state index in [2.05, 4.69) is 55.5 Å². The van der Waals surface area contributed by atoms with Crippen LogP contribution in [0.3, 0.4) is 0 Å². The molecular formula is C14H22N2. The highest BCUT2D eigenvalue weighted by Crippen LogP contribution is 2.41. The van der Waals surface area contributed by atoms with Crippen LogP contribution in [0.1, 0.15) is 31.4 Å². The van der Waals surface area contributed by atoms with Gasteiger partial charge in [0.15, 0.2) is 0 Å². The van der Waals surface area contributed by atoms with Crippen LogP contribution in [-0.4, -0.2) is 20.6 Å². The Morgan fingerprint density at radius 1 is 1.38 bits per heavy atom. The second kappa shape index (κ2) is 4.88. The van der Waals surface area contributed by atoms with Crippen molar-refractivity contribution in [3.05, 3.63) is 29.8 Å². The molecule has 1 N–H and O–H groups in total. The maximum Gasteiger partial charge on any atom is 0.0364 e. The van der Waals surface area contributed by atoms with Gasteiger partial charge in [-0.05, 0) is 43.0 Å². The zero-order chi connectivity index (χ0) is 11.5. The number of nitrogens with one attached hydrogen (secondary N) is 1. The van der Waals surface area contributed by atoms with Crippen LogP contribution in [0.5, 0.6) is 0 Å². The molecule has 0 radical (unpaired) electrons. The number of anilines is 1. The number of hydrogen-bond acceptors (Lipinski definition) is 2. The molecule has 1 aliphatic rings. The number of nitrogens with zero attached hydrogens (tertiary/aromatic N) is 1. The molecule has 1 unspecified atom stereocenters. The Hall–Kier alpha value is -1.02. The lowest BCUT2D eigenvalue weighted by Gasteiger charge is -2.20. The Kier molecular flexibility index (Phi) is 3.49. The van der Waals surface area contributed by atoms with E-state index in [1.54, 1.807) is 0 Å². The molecule has 1 atom stereocenters. The smallest absolute Gasteiger partial charge is 0.0364 e. The van der Waals surface area contributed by atoms with Crippen molar-refractivity contribution in [1.29, 1.82) is 0 Å². The Bertz CT molecular complexity index is 342. The molecule has 0 amide bonds. The molecule has 0 saturated heterocycles. The van der Waals surface area contributed by atoms with E-state index < -0.39 is 0 Å². The summed E-state index contributed by atoms with van der Waals surface area (Å²) in [6, 6.07) is 9.45. The average Bonchev–Trinajstić information content (AvgIpc) is 3.10. The highest BCUT2D eigenvalue weighted by molar-refractivity contribution is 5.48. The van der Waals surface area contributed by atoms with Crippen LogP contribution in [0.15, 0.2) is 24.3 Å². The maximum atomic E-state index is 3.61. The maximum absolute atomic E-state index is 3.61. The topological polar surface area (TPSA) is 15.3 Å². The molecule has 1 fully saturated rings. The van der Waals surface area contributed by atoms with Gasteiger partial charge in [-0.15, -0.1) is 0 Å². The van der Waals surface area contributed by atoms with Gasteiger partial charge in [0.2, 0.25) is 0 Å².